The molecular formula is C16H23N3O3. The Balaban J connectivity index is 1.92. The van der Waals surface area contributed by atoms with Crippen LogP contribution in [0.4, 0.5) is 10.5 Å². The van der Waals surface area contributed by atoms with Crippen molar-refractivity contribution in [1.82, 2.24) is 10.6 Å². The summed E-state index contributed by atoms with van der Waals surface area (Å²) in [4.78, 5) is 25.7. The van der Waals surface area contributed by atoms with Crippen molar-refractivity contribution in [2.45, 2.75) is 25.8 Å². The van der Waals surface area contributed by atoms with E-state index in [2.05, 4.69) is 28.5 Å². The van der Waals surface area contributed by atoms with Gasteiger partial charge in [-0.2, -0.15) is 0 Å². The quantitative estimate of drug-likeness (QED) is 0.805. The van der Waals surface area contributed by atoms with Gasteiger partial charge in [0.1, 0.15) is 0 Å². The number of para-hydroxylation sites is 1. The molecule has 0 saturated heterocycles. The summed E-state index contributed by atoms with van der Waals surface area (Å²) in [6.07, 6.45) is 2.03. The number of methoxy groups -OCH3 is 1. The second-order valence-corrected chi connectivity index (χ2v) is 5.44. The van der Waals surface area contributed by atoms with Crippen LogP contribution < -0.4 is 15.5 Å². The van der Waals surface area contributed by atoms with E-state index in [-0.39, 0.29) is 18.5 Å². The number of fused-ring (bicyclic) bond motifs is 1. The van der Waals surface area contributed by atoms with Crippen molar-refractivity contribution in [2.75, 3.05) is 31.7 Å². The Kier molecular flexibility index (Phi) is 5.77. The van der Waals surface area contributed by atoms with Crippen molar-refractivity contribution in [2.24, 2.45) is 0 Å². The Morgan fingerprint density at radius 2 is 2.14 bits per heavy atom. The van der Waals surface area contributed by atoms with Crippen molar-refractivity contribution >= 4 is 17.6 Å². The second-order valence-electron chi connectivity index (χ2n) is 5.44. The summed E-state index contributed by atoms with van der Waals surface area (Å²) in [5.41, 5.74) is 2.33. The number of imide groups is 1. The third-order valence-electron chi connectivity index (χ3n) is 3.82. The Bertz CT molecular complexity index is 533. The summed E-state index contributed by atoms with van der Waals surface area (Å²) in [6, 6.07) is 7.88. The van der Waals surface area contributed by atoms with Crippen LogP contribution in [0, 0.1) is 0 Å². The fourth-order valence-electron chi connectivity index (χ4n) is 2.63. The summed E-state index contributed by atoms with van der Waals surface area (Å²) in [6.45, 7) is 3.06. The highest BCUT2D eigenvalue weighted by molar-refractivity contribution is 5.96. The van der Waals surface area contributed by atoms with Crippen LogP contribution in [0.5, 0.6) is 0 Å². The van der Waals surface area contributed by atoms with E-state index < -0.39 is 6.03 Å². The van der Waals surface area contributed by atoms with E-state index in [0.717, 1.165) is 18.5 Å². The average Bonchev–Trinajstić information content (AvgIpc) is 2.50. The van der Waals surface area contributed by atoms with E-state index in [1.165, 1.54) is 5.56 Å². The second kappa shape index (κ2) is 7.79. The molecule has 1 aliphatic rings. The van der Waals surface area contributed by atoms with Crippen LogP contribution in [0.25, 0.3) is 0 Å². The number of rotatable bonds is 5. The predicted molar refractivity (Wildman–Crippen MR) is 85.0 cm³/mol. The standard InChI is InChI=1S/C16H23N3O3/c1-12-7-8-13-5-3-4-6-14(13)19(12)11-15(20)18-16(21)17-9-10-22-2/h3-6,12H,7-11H2,1-2H3,(H2,17,18,20,21). The minimum absolute atomic E-state index is 0.176. The van der Waals surface area contributed by atoms with Crippen molar-refractivity contribution in [3.8, 4) is 0 Å². The summed E-state index contributed by atoms with van der Waals surface area (Å²) >= 11 is 0. The monoisotopic (exact) mass is 305 g/mol. The minimum Gasteiger partial charge on any atom is -0.383 e. The van der Waals surface area contributed by atoms with Crippen LogP contribution in [0.15, 0.2) is 24.3 Å². The molecule has 3 amide bonds. The number of aryl methyl sites for hydroxylation is 1. The molecule has 120 valence electrons. The van der Waals surface area contributed by atoms with E-state index in [4.69, 9.17) is 4.74 Å². The maximum Gasteiger partial charge on any atom is 0.321 e. The number of urea groups is 1. The number of benzene rings is 1. The SMILES string of the molecule is COCCNC(=O)NC(=O)CN1c2ccccc2CCC1C. The van der Waals surface area contributed by atoms with Crippen molar-refractivity contribution < 1.29 is 14.3 Å². The number of ether oxygens (including phenoxy) is 1. The molecule has 1 aromatic rings. The molecule has 1 aromatic carbocycles. The first kappa shape index (κ1) is 16.3. The first-order chi connectivity index (χ1) is 10.6. The highest BCUT2D eigenvalue weighted by Crippen LogP contribution is 2.29. The van der Waals surface area contributed by atoms with Gasteiger partial charge in [-0.3, -0.25) is 10.1 Å². The first-order valence-electron chi connectivity index (χ1n) is 7.53. The van der Waals surface area contributed by atoms with Gasteiger partial charge in [0.05, 0.1) is 13.2 Å². The zero-order valence-corrected chi connectivity index (χ0v) is 13.1. The summed E-state index contributed by atoms with van der Waals surface area (Å²) in [7, 11) is 1.56. The largest absolute Gasteiger partial charge is 0.383 e. The molecule has 0 radical (unpaired) electrons. The van der Waals surface area contributed by atoms with Crippen LogP contribution in [-0.4, -0.2) is 44.8 Å². The highest BCUT2D eigenvalue weighted by Gasteiger charge is 2.24. The zero-order valence-electron chi connectivity index (χ0n) is 13.1. The lowest BCUT2D eigenvalue weighted by atomic mass is 9.97. The lowest BCUT2D eigenvalue weighted by molar-refractivity contribution is -0.118. The van der Waals surface area contributed by atoms with E-state index in [1.807, 2.05) is 18.2 Å². The van der Waals surface area contributed by atoms with E-state index in [9.17, 15) is 9.59 Å². The molecule has 6 nitrogen and oxygen atoms in total. The van der Waals surface area contributed by atoms with Crippen LogP contribution in [-0.2, 0) is 16.0 Å². The van der Waals surface area contributed by atoms with Crippen molar-refractivity contribution in [3.63, 3.8) is 0 Å². The summed E-state index contributed by atoms with van der Waals surface area (Å²) in [5, 5.41) is 4.92. The van der Waals surface area contributed by atoms with E-state index in [0.29, 0.717) is 13.2 Å². The third-order valence-corrected chi connectivity index (χ3v) is 3.82. The van der Waals surface area contributed by atoms with Crippen LogP contribution in [0.2, 0.25) is 0 Å². The van der Waals surface area contributed by atoms with Crippen LogP contribution in [0.1, 0.15) is 18.9 Å². The number of anilines is 1. The number of hydrogen-bond donors (Lipinski definition) is 2. The van der Waals surface area contributed by atoms with E-state index in [1.54, 1.807) is 7.11 Å². The van der Waals surface area contributed by atoms with Crippen LogP contribution >= 0.6 is 0 Å². The van der Waals surface area contributed by atoms with Crippen LogP contribution in [0.3, 0.4) is 0 Å². The number of hydrogen-bond acceptors (Lipinski definition) is 4. The van der Waals surface area contributed by atoms with Gasteiger partial charge in [0.25, 0.3) is 0 Å². The Morgan fingerprint density at radius 3 is 2.91 bits per heavy atom. The molecule has 1 aliphatic heterocycles. The molecule has 1 atom stereocenters. The molecule has 0 fully saturated rings. The number of carbonyl (C=O) groups is 2. The van der Waals surface area contributed by atoms with Gasteiger partial charge in [-0.25, -0.2) is 4.79 Å². The number of amides is 3. The molecule has 0 saturated carbocycles. The predicted octanol–water partition coefficient (Wildman–Crippen LogP) is 1.30. The zero-order chi connectivity index (χ0) is 15.9. The molecule has 0 bridgehead atoms. The molecule has 0 spiro atoms. The Labute approximate surface area is 130 Å². The maximum absolute atomic E-state index is 12.1. The summed E-state index contributed by atoms with van der Waals surface area (Å²) < 4.78 is 4.84. The lowest BCUT2D eigenvalue weighted by Crippen LogP contribution is -2.48. The normalized spacial score (nSPS) is 16.8. The molecule has 1 unspecified atom stereocenters. The van der Waals surface area contributed by atoms with Crippen molar-refractivity contribution in [1.29, 1.82) is 0 Å². The fourth-order valence-corrected chi connectivity index (χ4v) is 2.63. The van der Waals surface area contributed by atoms with Gasteiger partial charge in [0.2, 0.25) is 5.91 Å². The van der Waals surface area contributed by atoms with Gasteiger partial charge in [-0.05, 0) is 31.4 Å². The van der Waals surface area contributed by atoms with Crippen molar-refractivity contribution in [3.05, 3.63) is 29.8 Å². The maximum atomic E-state index is 12.1. The number of nitrogens with one attached hydrogen (secondary N) is 2. The number of nitrogens with zero attached hydrogens (tertiary/aromatic N) is 1. The third kappa shape index (κ3) is 4.21. The molecule has 22 heavy (non-hydrogen) atoms. The average molecular weight is 305 g/mol. The van der Waals surface area contributed by atoms with Gasteiger partial charge < -0.3 is 15.0 Å². The fraction of sp³-hybridized carbons (Fsp3) is 0.500. The van der Waals surface area contributed by atoms with Gasteiger partial charge in [-0.1, -0.05) is 18.2 Å². The topological polar surface area (TPSA) is 70.7 Å². The van der Waals surface area contributed by atoms with E-state index >= 15 is 0 Å². The molecule has 2 rings (SSSR count). The molecule has 0 aromatic heterocycles. The van der Waals surface area contributed by atoms with Gasteiger partial charge in [-0.15, -0.1) is 0 Å². The summed E-state index contributed by atoms with van der Waals surface area (Å²) in [5.74, 6) is -0.307. The molecule has 0 aliphatic carbocycles. The molecule has 1 heterocycles. The molecule has 6 heteroatoms. The highest BCUT2D eigenvalue weighted by atomic mass is 16.5. The first-order valence-corrected chi connectivity index (χ1v) is 7.53. The Hall–Kier alpha value is -2.08. The van der Waals surface area contributed by atoms with Gasteiger partial charge >= 0.3 is 6.03 Å². The lowest BCUT2D eigenvalue weighted by Gasteiger charge is -2.36. The van der Waals surface area contributed by atoms with Gasteiger partial charge in [0.15, 0.2) is 0 Å². The van der Waals surface area contributed by atoms with Gasteiger partial charge in [0, 0.05) is 25.4 Å². The Morgan fingerprint density at radius 1 is 1.36 bits per heavy atom. The minimum atomic E-state index is -0.486. The molecular weight excluding hydrogens is 282 g/mol. The molecule has 2 N–H and O–H groups in total. The smallest absolute Gasteiger partial charge is 0.321 e. The number of carbonyl (C=O) groups excluding carboxylic acids is 2.